The largest absolute Gasteiger partial charge is 0.463 e. The predicted octanol–water partition coefficient (Wildman–Crippen LogP) is 5.53. The number of fused-ring (bicyclic) bond motifs is 2. The van der Waals surface area contributed by atoms with E-state index in [1.807, 2.05) is 6.92 Å². The van der Waals surface area contributed by atoms with Gasteiger partial charge in [-0.2, -0.15) is 0 Å². The minimum Gasteiger partial charge on any atom is -0.463 e. The lowest BCUT2D eigenvalue weighted by Crippen LogP contribution is -2.60. The molecule has 2 aliphatic rings. The van der Waals surface area contributed by atoms with Gasteiger partial charge < -0.3 is 4.74 Å². The maximum Gasteiger partial charge on any atom is 0.335 e. The zero-order valence-electron chi connectivity index (χ0n) is 15.6. The first-order valence-electron chi connectivity index (χ1n) is 8.97. The monoisotopic (exact) mass is 332 g/mol. The Kier molecular flexibility index (Phi) is 3.28. The van der Waals surface area contributed by atoms with E-state index in [1.165, 1.54) is 21.9 Å². The zero-order valence-corrected chi connectivity index (χ0v) is 15.6. The SMILES string of the molecule is CCOC(=O)C1=C(c2ccc3ccccc3c2)C2(C)C(C)=C(C)C12C. The van der Waals surface area contributed by atoms with Crippen LogP contribution in [0.1, 0.15) is 40.2 Å². The number of ether oxygens (including phenoxy) is 1. The Morgan fingerprint density at radius 1 is 0.960 bits per heavy atom. The molecule has 4 rings (SSSR count). The predicted molar refractivity (Wildman–Crippen MR) is 102 cm³/mol. The van der Waals surface area contributed by atoms with Gasteiger partial charge >= 0.3 is 5.97 Å². The molecule has 0 bridgehead atoms. The van der Waals surface area contributed by atoms with Gasteiger partial charge in [0, 0.05) is 10.8 Å². The van der Waals surface area contributed by atoms with Gasteiger partial charge in [-0.25, -0.2) is 4.79 Å². The van der Waals surface area contributed by atoms with Crippen LogP contribution in [0.2, 0.25) is 0 Å². The van der Waals surface area contributed by atoms with Crippen molar-refractivity contribution in [1.29, 1.82) is 0 Å². The fourth-order valence-electron chi connectivity index (χ4n) is 5.04. The van der Waals surface area contributed by atoms with Crippen LogP contribution < -0.4 is 0 Å². The Bertz CT molecular complexity index is 979. The summed E-state index contributed by atoms with van der Waals surface area (Å²) in [7, 11) is 0. The normalized spacial score (nSPS) is 27.7. The van der Waals surface area contributed by atoms with Crippen LogP contribution in [-0.2, 0) is 9.53 Å². The minimum atomic E-state index is -0.204. The van der Waals surface area contributed by atoms with Crippen LogP contribution in [0.4, 0.5) is 0 Å². The highest BCUT2D eigenvalue weighted by atomic mass is 16.5. The summed E-state index contributed by atoms with van der Waals surface area (Å²) in [5, 5.41) is 2.42. The maximum atomic E-state index is 12.8. The molecular weight excluding hydrogens is 308 g/mol. The fraction of sp³-hybridized carbons (Fsp3) is 0.348. The van der Waals surface area contributed by atoms with Crippen molar-refractivity contribution < 1.29 is 9.53 Å². The van der Waals surface area contributed by atoms with E-state index in [0.29, 0.717) is 6.61 Å². The molecule has 0 aromatic heterocycles. The second-order valence-corrected chi connectivity index (χ2v) is 7.53. The zero-order chi connectivity index (χ0) is 18.0. The summed E-state index contributed by atoms with van der Waals surface area (Å²) in [5.41, 5.74) is 5.52. The van der Waals surface area contributed by atoms with E-state index in [4.69, 9.17) is 4.74 Å². The molecule has 2 heteroatoms. The fourth-order valence-corrected chi connectivity index (χ4v) is 5.04. The number of esters is 1. The van der Waals surface area contributed by atoms with Crippen molar-refractivity contribution in [2.45, 2.75) is 34.6 Å². The van der Waals surface area contributed by atoms with Gasteiger partial charge in [0.15, 0.2) is 0 Å². The summed E-state index contributed by atoms with van der Waals surface area (Å²) in [6.45, 7) is 11.1. The Labute approximate surface area is 149 Å². The first kappa shape index (κ1) is 16.1. The molecule has 2 aliphatic carbocycles. The summed E-state index contributed by atoms with van der Waals surface area (Å²) in [5.74, 6) is -0.169. The van der Waals surface area contributed by atoms with Crippen molar-refractivity contribution in [2.75, 3.05) is 6.61 Å². The third-order valence-electron chi connectivity index (χ3n) is 6.83. The van der Waals surface area contributed by atoms with Gasteiger partial charge in [-0.15, -0.1) is 0 Å². The van der Waals surface area contributed by atoms with Gasteiger partial charge in [-0.1, -0.05) is 61.4 Å². The van der Waals surface area contributed by atoms with Gasteiger partial charge in [-0.3, -0.25) is 0 Å². The summed E-state index contributed by atoms with van der Waals surface area (Å²) in [6, 6.07) is 14.8. The molecule has 0 N–H and O–H groups in total. The average Bonchev–Trinajstić information content (AvgIpc) is 2.63. The second kappa shape index (κ2) is 5.08. The van der Waals surface area contributed by atoms with Crippen molar-refractivity contribution >= 4 is 22.3 Å². The molecule has 2 aromatic carbocycles. The van der Waals surface area contributed by atoms with E-state index in [0.717, 1.165) is 16.7 Å². The molecule has 0 saturated heterocycles. The summed E-state index contributed by atoms with van der Waals surface area (Å²) in [6.07, 6.45) is 0. The van der Waals surface area contributed by atoms with E-state index >= 15 is 0 Å². The van der Waals surface area contributed by atoms with Crippen molar-refractivity contribution in [3.63, 3.8) is 0 Å². The molecule has 0 radical (unpaired) electrons. The van der Waals surface area contributed by atoms with Crippen LogP contribution >= 0.6 is 0 Å². The third-order valence-corrected chi connectivity index (χ3v) is 6.83. The van der Waals surface area contributed by atoms with Crippen LogP contribution in [0.15, 0.2) is 59.2 Å². The summed E-state index contributed by atoms with van der Waals surface area (Å²) in [4.78, 5) is 12.8. The van der Waals surface area contributed by atoms with Crippen LogP contribution in [0, 0.1) is 10.8 Å². The van der Waals surface area contributed by atoms with Crippen molar-refractivity contribution in [3.8, 4) is 0 Å². The molecule has 0 amide bonds. The Morgan fingerprint density at radius 3 is 2.28 bits per heavy atom. The first-order chi connectivity index (χ1) is 11.9. The van der Waals surface area contributed by atoms with Gasteiger partial charge in [-0.05, 0) is 48.7 Å². The van der Waals surface area contributed by atoms with E-state index < -0.39 is 0 Å². The molecule has 0 aliphatic heterocycles. The van der Waals surface area contributed by atoms with Gasteiger partial charge in [0.25, 0.3) is 0 Å². The molecular formula is C23H24O2. The van der Waals surface area contributed by atoms with Gasteiger partial charge in [0.1, 0.15) is 0 Å². The molecule has 0 spiro atoms. The molecule has 2 unspecified atom stereocenters. The lowest BCUT2D eigenvalue weighted by atomic mass is 9.35. The number of benzene rings is 2. The third kappa shape index (κ3) is 1.72. The number of carbonyl (C=O) groups excluding carboxylic acids is 1. The number of carbonyl (C=O) groups is 1. The Balaban J connectivity index is 1.94. The molecule has 2 aromatic rings. The molecule has 2 nitrogen and oxygen atoms in total. The molecule has 0 fully saturated rings. The Hall–Kier alpha value is -2.35. The standard InChI is InChI=1S/C23H24O2/c1-6-25-21(24)20-19(22(4)14(2)15(3)23(20,22)5)18-12-11-16-9-7-8-10-17(16)13-18/h7-13H,6H2,1-5H3. The van der Waals surface area contributed by atoms with Gasteiger partial charge in [0.2, 0.25) is 0 Å². The maximum absolute atomic E-state index is 12.8. The highest BCUT2D eigenvalue weighted by Crippen LogP contribution is 2.77. The van der Waals surface area contributed by atoms with Crippen LogP contribution in [0.25, 0.3) is 16.3 Å². The molecule has 128 valence electrons. The quantitative estimate of drug-likeness (QED) is 0.545. The Morgan fingerprint density at radius 2 is 1.60 bits per heavy atom. The lowest BCUT2D eigenvalue weighted by molar-refractivity contribution is -0.141. The number of allylic oxidation sites excluding steroid dienone is 3. The van der Waals surface area contributed by atoms with E-state index in [-0.39, 0.29) is 16.8 Å². The highest BCUT2D eigenvalue weighted by Gasteiger charge is 2.69. The number of rotatable bonds is 3. The number of hydrogen-bond donors (Lipinski definition) is 0. The number of hydrogen-bond acceptors (Lipinski definition) is 2. The molecule has 25 heavy (non-hydrogen) atoms. The van der Waals surface area contributed by atoms with E-state index in [2.05, 4.69) is 70.2 Å². The molecule has 2 atom stereocenters. The van der Waals surface area contributed by atoms with Crippen molar-refractivity contribution in [2.24, 2.45) is 10.8 Å². The van der Waals surface area contributed by atoms with Crippen molar-refractivity contribution in [1.82, 2.24) is 0 Å². The van der Waals surface area contributed by atoms with Crippen LogP contribution in [0.3, 0.4) is 0 Å². The van der Waals surface area contributed by atoms with Crippen LogP contribution in [0.5, 0.6) is 0 Å². The smallest absolute Gasteiger partial charge is 0.335 e. The lowest BCUT2D eigenvalue weighted by Gasteiger charge is -2.67. The highest BCUT2D eigenvalue weighted by molar-refractivity contribution is 6.10. The first-order valence-corrected chi connectivity index (χ1v) is 8.97. The van der Waals surface area contributed by atoms with Crippen LogP contribution in [-0.4, -0.2) is 12.6 Å². The minimum absolute atomic E-state index is 0.0817. The summed E-state index contributed by atoms with van der Waals surface area (Å²) < 4.78 is 5.41. The molecule has 0 saturated carbocycles. The average molecular weight is 332 g/mol. The topological polar surface area (TPSA) is 26.3 Å². The van der Waals surface area contributed by atoms with E-state index in [9.17, 15) is 4.79 Å². The van der Waals surface area contributed by atoms with Gasteiger partial charge in [0.05, 0.1) is 12.2 Å². The van der Waals surface area contributed by atoms with E-state index in [1.54, 1.807) is 0 Å². The second-order valence-electron chi connectivity index (χ2n) is 7.53. The van der Waals surface area contributed by atoms with Crippen molar-refractivity contribution in [3.05, 3.63) is 64.7 Å². The summed E-state index contributed by atoms with van der Waals surface area (Å²) >= 11 is 0. The molecule has 0 heterocycles.